The zero-order chi connectivity index (χ0) is 23.5. The molecular weight excluding hydrogens is 427 g/mol. The van der Waals surface area contributed by atoms with Gasteiger partial charge in [0, 0.05) is 36.1 Å². The summed E-state index contributed by atoms with van der Waals surface area (Å²) in [5.41, 5.74) is 1.40. The summed E-state index contributed by atoms with van der Waals surface area (Å²) in [6.45, 7) is 3.87. The minimum absolute atomic E-state index is 0.0328. The van der Waals surface area contributed by atoms with Crippen molar-refractivity contribution in [2.75, 3.05) is 13.2 Å². The van der Waals surface area contributed by atoms with Crippen LogP contribution in [0.25, 0.3) is 10.9 Å². The summed E-state index contributed by atoms with van der Waals surface area (Å²) in [6.07, 6.45) is 0.360. The highest BCUT2D eigenvalue weighted by Gasteiger charge is 2.29. The number of hydrogen-bond acceptors (Lipinski definition) is 6. The van der Waals surface area contributed by atoms with Crippen molar-refractivity contribution in [2.24, 2.45) is 0 Å². The molecule has 0 saturated heterocycles. The second kappa shape index (κ2) is 9.11. The lowest BCUT2D eigenvalue weighted by Crippen LogP contribution is -2.38. The van der Waals surface area contributed by atoms with E-state index in [1.54, 1.807) is 50.0 Å². The minimum atomic E-state index is -4.43. The molecule has 2 N–H and O–H groups in total. The predicted octanol–water partition coefficient (Wildman–Crippen LogP) is 2.55. The van der Waals surface area contributed by atoms with Crippen molar-refractivity contribution in [2.45, 2.75) is 45.5 Å². The van der Waals surface area contributed by atoms with Gasteiger partial charge in [0.2, 0.25) is 11.8 Å². The zero-order valence-electron chi connectivity index (χ0n) is 17.9. The topological polar surface area (TPSA) is 102 Å². The van der Waals surface area contributed by atoms with Gasteiger partial charge in [0.15, 0.2) is 6.61 Å². The molecule has 3 aromatic heterocycles. The molecular formula is C21H24F3N5O3. The second-order valence-corrected chi connectivity index (χ2v) is 8.15. The quantitative estimate of drug-likeness (QED) is 0.546. The summed E-state index contributed by atoms with van der Waals surface area (Å²) in [6, 6.07) is 3.41. The summed E-state index contributed by atoms with van der Waals surface area (Å²) in [5, 5.41) is 17.6. The Morgan fingerprint density at radius 3 is 2.69 bits per heavy atom. The number of hydrogen-bond donors (Lipinski definition) is 2. The Hall–Kier alpha value is -3.21. The molecule has 1 amide bonds. The number of alkyl halides is 3. The Labute approximate surface area is 182 Å². The predicted molar refractivity (Wildman–Crippen MR) is 110 cm³/mol. The highest BCUT2D eigenvalue weighted by atomic mass is 19.4. The molecule has 32 heavy (non-hydrogen) atoms. The molecule has 11 heteroatoms. The average Bonchev–Trinajstić information content (AvgIpc) is 3.08. The standard InChI is InChI=1S/C21H24F3N5O3/c1-13-6-14(8-26-19(13)32-12-21(22,23)24)9-29-10-15-16(28-29)4-5-25-17(15)7-18(30)27-11-20(2,3)31/h4-6,8,10,31H,7,9,11-12H2,1-3H3,(H,27,30). The number of aromatic nitrogens is 4. The van der Waals surface area contributed by atoms with Gasteiger partial charge in [-0.05, 0) is 38.5 Å². The summed E-state index contributed by atoms with van der Waals surface area (Å²) in [5.74, 6) is -0.339. The maximum absolute atomic E-state index is 12.3. The van der Waals surface area contributed by atoms with Gasteiger partial charge in [-0.2, -0.15) is 18.3 Å². The van der Waals surface area contributed by atoms with Gasteiger partial charge in [-0.15, -0.1) is 0 Å². The van der Waals surface area contributed by atoms with Crippen LogP contribution in [0.15, 0.2) is 30.7 Å². The van der Waals surface area contributed by atoms with Crippen molar-refractivity contribution in [1.82, 2.24) is 25.1 Å². The Bertz CT molecular complexity index is 1110. The van der Waals surface area contributed by atoms with Gasteiger partial charge >= 0.3 is 6.18 Å². The number of amides is 1. The number of fused-ring (bicyclic) bond motifs is 1. The van der Waals surface area contributed by atoms with Crippen molar-refractivity contribution in [3.05, 3.63) is 47.5 Å². The van der Waals surface area contributed by atoms with Gasteiger partial charge in [0.05, 0.1) is 29.8 Å². The summed E-state index contributed by atoms with van der Waals surface area (Å²) in [7, 11) is 0. The lowest BCUT2D eigenvalue weighted by molar-refractivity contribution is -0.154. The number of aryl methyl sites for hydroxylation is 1. The fourth-order valence-corrected chi connectivity index (χ4v) is 3.00. The molecule has 0 spiro atoms. The van der Waals surface area contributed by atoms with Crippen LogP contribution in [0.1, 0.15) is 30.7 Å². The van der Waals surface area contributed by atoms with E-state index in [1.165, 1.54) is 6.20 Å². The summed E-state index contributed by atoms with van der Waals surface area (Å²) < 4.78 is 43.4. The smallest absolute Gasteiger partial charge is 0.422 e. The lowest BCUT2D eigenvalue weighted by Gasteiger charge is -2.17. The Morgan fingerprint density at radius 2 is 2.03 bits per heavy atom. The van der Waals surface area contributed by atoms with Gasteiger partial charge in [0.25, 0.3) is 0 Å². The van der Waals surface area contributed by atoms with Gasteiger partial charge in [-0.3, -0.25) is 14.5 Å². The molecule has 0 atom stereocenters. The minimum Gasteiger partial charge on any atom is -0.468 e. The highest BCUT2D eigenvalue weighted by molar-refractivity contribution is 5.86. The van der Waals surface area contributed by atoms with E-state index in [9.17, 15) is 23.1 Å². The third-order valence-electron chi connectivity index (χ3n) is 4.41. The number of nitrogens with zero attached hydrogens (tertiary/aromatic N) is 4. The van der Waals surface area contributed by atoms with Gasteiger partial charge in [0.1, 0.15) is 0 Å². The first-order valence-electron chi connectivity index (χ1n) is 9.85. The molecule has 8 nitrogen and oxygen atoms in total. The third-order valence-corrected chi connectivity index (χ3v) is 4.41. The fourth-order valence-electron chi connectivity index (χ4n) is 3.00. The first kappa shape index (κ1) is 23.5. The van der Waals surface area contributed by atoms with E-state index < -0.39 is 18.4 Å². The molecule has 0 fully saturated rings. The molecule has 3 heterocycles. The normalized spacial score (nSPS) is 12.2. The molecule has 0 radical (unpaired) electrons. The van der Waals surface area contributed by atoms with E-state index in [1.807, 2.05) is 0 Å². The first-order valence-corrected chi connectivity index (χ1v) is 9.85. The molecule has 3 aromatic rings. The maximum atomic E-state index is 12.3. The Morgan fingerprint density at radius 1 is 1.28 bits per heavy atom. The monoisotopic (exact) mass is 451 g/mol. The number of aliphatic hydroxyl groups is 1. The molecule has 0 aromatic carbocycles. The molecule has 0 aliphatic carbocycles. The van der Waals surface area contributed by atoms with Crippen LogP contribution >= 0.6 is 0 Å². The van der Waals surface area contributed by atoms with Crippen LogP contribution in [0, 0.1) is 6.92 Å². The Kier molecular flexibility index (Phi) is 6.68. The number of carbonyl (C=O) groups is 1. The van der Waals surface area contributed by atoms with Crippen LogP contribution in [-0.2, 0) is 17.8 Å². The van der Waals surface area contributed by atoms with Gasteiger partial charge in [-0.1, -0.05) is 0 Å². The number of halogens is 3. The molecule has 0 unspecified atom stereocenters. The SMILES string of the molecule is Cc1cc(Cn2cc3c(CC(=O)NCC(C)(C)O)nccc3n2)cnc1OCC(F)(F)F. The highest BCUT2D eigenvalue weighted by Crippen LogP contribution is 2.21. The average molecular weight is 451 g/mol. The van der Waals surface area contributed by atoms with Crippen LogP contribution in [0.4, 0.5) is 13.2 Å². The van der Waals surface area contributed by atoms with Crippen LogP contribution in [0.2, 0.25) is 0 Å². The van der Waals surface area contributed by atoms with Crippen LogP contribution in [-0.4, -0.2) is 55.7 Å². The fraction of sp³-hybridized carbons (Fsp3) is 0.429. The van der Waals surface area contributed by atoms with Crippen molar-refractivity contribution in [1.29, 1.82) is 0 Å². The largest absolute Gasteiger partial charge is 0.468 e. The van der Waals surface area contributed by atoms with Crippen molar-refractivity contribution >= 4 is 16.8 Å². The van der Waals surface area contributed by atoms with Crippen LogP contribution in [0.5, 0.6) is 5.88 Å². The van der Waals surface area contributed by atoms with E-state index >= 15 is 0 Å². The number of ether oxygens (including phenoxy) is 1. The van der Waals surface area contributed by atoms with E-state index in [0.717, 1.165) is 5.56 Å². The van der Waals surface area contributed by atoms with Crippen LogP contribution in [0.3, 0.4) is 0 Å². The van der Waals surface area contributed by atoms with Gasteiger partial charge < -0.3 is 15.2 Å². The van der Waals surface area contributed by atoms with Gasteiger partial charge in [-0.25, -0.2) is 4.98 Å². The maximum Gasteiger partial charge on any atom is 0.422 e. The number of pyridine rings is 2. The molecule has 0 aliphatic heterocycles. The molecule has 0 saturated carbocycles. The van der Waals surface area contributed by atoms with Crippen molar-refractivity contribution in [3.8, 4) is 5.88 Å². The third kappa shape index (κ3) is 6.64. The number of nitrogens with one attached hydrogen (secondary N) is 1. The van der Waals surface area contributed by atoms with E-state index in [4.69, 9.17) is 4.74 Å². The van der Waals surface area contributed by atoms with E-state index in [-0.39, 0.29) is 24.8 Å². The molecule has 0 aliphatic rings. The van der Waals surface area contributed by atoms with Crippen molar-refractivity contribution in [3.63, 3.8) is 0 Å². The van der Waals surface area contributed by atoms with Crippen molar-refractivity contribution < 1.29 is 27.8 Å². The van der Waals surface area contributed by atoms with E-state index in [2.05, 4.69) is 20.4 Å². The lowest BCUT2D eigenvalue weighted by atomic mass is 10.1. The van der Waals surface area contributed by atoms with E-state index in [0.29, 0.717) is 28.7 Å². The summed E-state index contributed by atoms with van der Waals surface area (Å²) >= 11 is 0. The first-order chi connectivity index (χ1) is 14.9. The molecule has 3 rings (SSSR count). The number of carbonyl (C=O) groups excluding carboxylic acids is 1. The second-order valence-electron chi connectivity index (χ2n) is 8.15. The summed E-state index contributed by atoms with van der Waals surface area (Å²) in [4.78, 5) is 20.5. The van der Waals surface area contributed by atoms with Crippen LogP contribution < -0.4 is 10.1 Å². The zero-order valence-corrected chi connectivity index (χ0v) is 17.9. The Balaban J connectivity index is 1.72. The molecule has 172 valence electrons. The molecule has 0 bridgehead atoms. The number of rotatable bonds is 8.